The molecule has 3 nitrogen and oxygen atoms in total. The van der Waals surface area contributed by atoms with Crippen LogP contribution in [-0.4, -0.2) is 22.6 Å². The molecule has 0 fully saturated rings. The summed E-state index contributed by atoms with van der Waals surface area (Å²) in [7, 11) is 2.04. The van der Waals surface area contributed by atoms with E-state index in [4.69, 9.17) is 0 Å². The van der Waals surface area contributed by atoms with E-state index in [1.165, 1.54) is 5.56 Å². The smallest absolute Gasteiger partial charge is 0.109 e. The quantitative estimate of drug-likeness (QED) is 0.775. The van der Waals surface area contributed by atoms with Gasteiger partial charge in [0.25, 0.3) is 0 Å². The molecule has 0 spiro atoms. The fourth-order valence-electron chi connectivity index (χ4n) is 1.63. The van der Waals surface area contributed by atoms with Crippen molar-refractivity contribution < 1.29 is 0 Å². The number of hydrogen-bond donors (Lipinski definition) is 1. The maximum absolute atomic E-state index is 4.29. The second-order valence-corrected chi connectivity index (χ2v) is 4.62. The van der Waals surface area contributed by atoms with Crippen LogP contribution in [0.3, 0.4) is 0 Å². The van der Waals surface area contributed by atoms with E-state index < -0.39 is 0 Å². The van der Waals surface area contributed by atoms with Gasteiger partial charge < -0.3 is 9.88 Å². The second-order valence-electron chi connectivity index (χ2n) is 3.84. The highest BCUT2D eigenvalue weighted by Crippen LogP contribution is 2.05. The van der Waals surface area contributed by atoms with Crippen molar-refractivity contribution in [2.75, 3.05) is 13.1 Å². The van der Waals surface area contributed by atoms with E-state index in [1.807, 2.05) is 19.4 Å². The molecule has 1 N–H and O–H groups in total. The normalized spacial score (nSPS) is 10.8. The summed E-state index contributed by atoms with van der Waals surface area (Å²) in [4.78, 5) is 4.29. The Hall–Kier alpha value is -1.13. The number of hydrogen-bond acceptors (Lipinski definition) is 3. The number of aryl methyl sites for hydroxylation is 1. The Bertz CT molecular complexity index is 406. The van der Waals surface area contributed by atoms with Crippen molar-refractivity contribution in [2.24, 2.45) is 7.05 Å². The van der Waals surface area contributed by atoms with Crippen LogP contribution < -0.4 is 5.32 Å². The van der Waals surface area contributed by atoms with Gasteiger partial charge in [0.1, 0.15) is 5.82 Å². The van der Waals surface area contributed by atoms with Gasteiger partial charge in [0.15, 0.2) is 0 Å². The van der Waals surface area contributed by atoms with Crippen molar-refractivity contribution in [1.82, 2.24) is 14.9 Å². The summed E-state index contributed by atoms with van der Waals surface area (Å²) in [6.45, 7) is 2.04. The number of nitrogens with zero attached hydrogens (tertiary/aromatic N) is 2. The summed E-state index contributed by atoms with van der Waals surface area (Å²) in [5.74, 6) is 1.14. The molecule has 16 heavy (non-hydrogen) atoms. The van der Waals surface area contributed by atoms with E-state index in [-0.39, 0.29) is 0 Å². The van der Waals surface area contributed by atoms with Crippen LogP contribution >= 0.6 is 11.3 Å². The van der Waals surface area contributed by atoms with Gasteiger partial charge >= 0.3 is 0 Å². The van der Waals surface area contributed by atoms with Gasteiger partial charge in [-0.15, -0.1) is 0 Å². The molecule has 2 rings (SSSR count). The largest absolute Gasteiger partial charge is 0.338 e. The van der Waals surface area contributed by atoms with Crippen LogP contribution in [0.25, 0.3) is 0 Å². The Labute approximate surface area is 100 Å². The topological polar surface area (TPSA) is 29.9 Å². The zero-order valence-electron chi connectivity index (χ0n) is 9.52. The van der Waals surface area contributed by atoms with Gasteiger partial charge in [-0.2, -0.15) is 11.3 Å². The molecule has 0 amide bonds. The van der Waals surface area contributed by atoms with E-state index >= 15 is 0 Å². The van der Waals surface area contributed by atoms with Gasteiger partial charge in [-0.1, -0.05) is 0 Å². The highest BCUT2D eigenvalue weighted by atomic mass is 32.1. The summed E-state index contributed by atoms with van der Waals surface area (Å²) < 4.78 is 2.07. The minimum absolute atomic E-state index is 0.993. The molecule has 0 aromatic carbocycles. The average Bonchev–Trinajstić information content (AvgIpc) is 2.90. The number of rotatable bonds is 6. The van der Waals surface area contributed by atoms with Gasteiger partial charge in [0.2, 0.25) is 0 Å². The predicted molar refractivity (Wildman–Crippen MR) is 67.8 cm³/mol. The highest BCUT2D eigenvalue weighted by Gasteiger charge is 1.98. The van der Waals surface area contributed by atoms with Crippen molar-refractivity contribution >= 4 is 11.3 Å². The molecule has 0 saturated heterocycles. The van der Waals surface area contributed by atoms with Crippen molar-refractivity contribution in [2.45, 2.75) is 12.8 Å². The standard InChI is InChI=1S/C12H17N3S/c1-15-8-7-14-12(15)3-6-13-5-2-11-4-9-16-10-11/h4,7-10,13H,2-3,5-6H2,1H3. The molecule has 2 aromatic heterocycles. The lowest BCUT2D eigenvalue weighted by Crippen LogP contribution is -2.21. The van der Waals surface area contributed by atoms with Crippen LogP contribution in [0.4, 0.5) is 0 Å². The fourth-order valence-corrected chi connectivity index (χ4v) is 2.33. The zero-order valence-corrected chi connectivity index (χ0v) is 10.3. The first-order valence-corrected chi connectivity index (χ1v) is 6.48. The second kappa shape index (κ2) is 5.82. The minimum atomic E-state index is 0.993. The van der Waals surface area contributed by atoms with Gasteiger partial charge in [-0.3, -0.25) is 0 Å². The van der Waals surface area contributed by atoms with Crippen LogP contribution in [0, 0.1) is 0 Å². The molecule has 0 aliphatic heterocycles. The lowest BCUT2D eigenvalue weighted by atomic mass is 10.2. The number of thiophene rings is 1. The SMILES string of the molecule is Cn1ccnc1CCNCCc1ccsc1. The number of imidazole rings is 1. The molecule has 0 aliphatic carbocycles. The third-order valence-electron chi connectivity index (χ3n) is 2.62. The molecule has 86 valence electrons. The summed E-state index contributed by atoms with van der Waals surface area (Å²) in [5, 5.41) is 7.78. The lowest BCUT2D eigenvalue weighted by Gasteiger charge is -2.04. The molecule has 0 unspecified atom stereocenters. The monoisotopic (exact) mass is 235 g/mol. The summed E-state index contributed by atoms with van der Waals surface area (Å²) >= 11 is 1.76. The molecule has 0 saturated carbocycles. The highest BCUT2D eigenvalue weighted by molar-refractivity contribution is 7.07. The fraction of sp³-hybridized carbons (Fsp3) is 0.417. The molecular weight excluding hydrogens is 218 g/mol. The molecule has 2 aromatic rings. The van der Waals surface area contributed by atoms with Gasteiger partial charge in [0, 0.05) is 32.4 Å². The molecule has 0 bridgehead atoms. The van der Waals surface area contributed by atoms with Crippen LogP contribution in [0.5, 0.6) is 0 Å². The van der Waals surface area contributed by atoms with E-state index in [0.717, 1.165) is 31.8 Å². The molecule has 0 atom stereocenters. The molecule has 0 radical (unpaired) electrons. The summed E-state index contributed by atoms with van der Waals surface area (Å²) in [5.41, 5.74) is 1.43. The maximum atomic E-state index is 4.29. The van der Waals surface area contributed by atoms with E-state index in [0.29, 0.717) is 0 Å². The minimum Gasteiger partial charge on any atom is -0.338 e. The van der Waals surface area contributed by atoms with E-state index in [2.05, 4.69) is 31.7 Å². The Morgan fingerprint density at radius 3 is 2.94 bits per heavy atom. The first-order valence-electron chi connectivity index (χ1n) is 5.54. The van der Waals surface area contributed by atoms with Crippen molar-refractivity contribution in [3.8, 4) is 0 Å². The Balaban J connectivity index is 1.61. The Morgan fingerprint density at radius 1 is 1.38 bits per heavy atom. The molecule has 2 heterocycles. The van der Waals surface area contributed by atoms with Gasteiger partial charge in [-0.05, 0) is 35.4 Å². The van der Waals surface area contributed by atoms with Crippen LogP contribution in [0.2, 0.25) is 0 Å². The third-order valence-corrected chi connectivity index (χ3v) is 3.35. The van der Waals surface area contributed by atoms with E-state index in [9.17, 15) is 0 Å². The van der Waals surface area contributed by atoms with Crippen LogP contribution in [0.15, 0.2) is 29.2 Å². The van der Waals surface area contributed by atoms with Crippen LogP contribution in [0.1, 0.15) is 11.4 Å². The van der Waals surface area contributed by atoms with Crippen LogP contribution in [-0.2, 0) is 19.9 Å². The van der Waals surface area contributed by atoms with Gasteiger partial charge in [-0.25, -0.2) is 4.98 Å². The number of nitrogens with one attached hydrogen (secondary N) is 1. The summed E-state index contributed by atoms with van der Waals surface area (Å²) in [6, 6.07) is 2.19. The average molecular weight is 235 g/mol. The first-order chi connectivity index (χ1) is 7.86. The van der Waals surface area contributed by atoms with Gasteiger partial charge in [0.05, 0.1) is 0 Å². The van der Waals surface area contributed by atoms with Crippen molar-refractivity contribution in [1.29, 1.82) is 0 Å². The zero-order chi connectivity index (χ0) is 11.2. The summed E-state index contributed by atoms with van der Waals surface area (Å²) in [6.07, 6.45) is 5.94. The van der Waals surface area contributed by atoms with Crippen molar-refractivity contribution in [3.63, 3.8) is 0 Å². The molecular formula is C12H17N3S. The third kappa shape index (κ3) is 3.18. The van der Waals surface area contributed by atoms with Crippen molar-refractivity contribution in [3.05, 3.63) is 40.6 Å². The maximum Gasteiger partial charge on any atom is 0.109 e. The first kappa shape index (κ1) is 11.4. The molecule has 0 aliphatic rings. The predicted octanol–water partition coefficient (Wildman–Crippen LogP) is 1.86. The van der Waals surface area contributed by atoms with E-state index in [1.54, 1.807) is 11.3 Å². The Morgan fingerprint density at radius 2 is 2.25 bits per heavy atom. The Kier molecular flexibility index (Phi) is 4.13. The molecule has 4 heteroatoms. The lowest BCUT2D eigenvalue weighted by molar-refractivity contribution is 0.653. The number of aromatic nitrogens is 2.